The van der Waals surface area contributed by atoms with Gasteiger partial charge in [-0.15, -0.1) is 0 Å². The highest BCUT2D eigenvalue weighted by atomic mass is 16.5. The number of carboxylic acids is 1. The molecule has 0 spiro atoms. The average Bonchev–Trinajstić information content (AvgIpc) is 2.79. The van der Waals surface area contributed by atoms with Crippen molar-refractivity contribution >= 4 is 17.7 Å². The molecule has 186 valence electrons. The van der Waals surface area contributed by atoms with Gasteiger partial charge in [-0.05, 0) is 54.2 Å². The minimum atomic E-state index is -0.971. The highest BCUT2D eigenvalue weighted by Crippen LogP contribution is 2.18. The molecule has 34 heavy (non-hydrogen) atoms. The summed E-state index contributed by atoms with van der Waals surface area (Å²) in [7, 11) is 0. The first kappa shape index (κ1) is 27.2. The Bertz CT molecular complexity index is 894. The summed E-state index contributed by atoms with van der Waals surface area (Å²) in [4.78, 5) is 25.9. The standard InChI is InChI=1S/C27H38N2O5/c1-6-33-25(26(30)31)17-21-7-13-24(14-8-21)34-16-15-29(18-19(2)3)27(32)28-23-11-9-22(10-12-23)20(4)5/h7-14,19-20,25H,6,15-18H2,1-5H3,(H,28,32)(H,30,31). The lowest BCUT2D eigenvalue weighted by Gasteiger charge is -2.25. The number of aliphatic carboxylic acids is 1. The van der Waals surface area contributed by atoms with Gasteiger partial charge in [0.15, 0.2) is 6.10 Å². The smallest absolute Gasteiger partial charge is 0.333 e. The molecule has 0 aliphatic rings. The number of carbonyl (C=O) groups excluding carboxylic acids is 1. The second-order valence-electron chi connectivity index (χ2n) is 9.03. The molecule has 2 rings (SSSR count). The molecular weight excluding hydrogens is 432 g/mol. The number of carbonyl (C=O) groups is 2. The summed E-state index contributed by atoms with van der Waals surface area (Å²) in [5, 5.41) is 12.2. The van der Waals surface area contributed by atoms with E-state index in [4.69, 9.17) is 9.47 Å². The fourth-order valence-corrected chi connectivity index (χ4v) is 3.50. The molecular formula is C27H38N2O5. The highest BCUT2D eigenvalue weighted by Gasteiger charge is 2.18. The second kappa shape index (κ2) is 13.6. The second-order valence-corrected chi connectivity index (χ2v) is 9.03. The predicted octanol–water partition coefficient (Wildman–Crippen LogP) is 5.41. The van der Waals surface area contributed by atoms with E-state index >= 15 is 0 Å². The van der Waals surface area contributed by atoms with E-state index < -0.39 is 12.1 Å². The van der Waals surface area contributed by atoms with Crippen LogP contribution in [0.25, 0.3) is 0 Å². The summed E-state index contributed by atoms with van der Waals surface area (Å²) < 4.78 is 11.1. The largest absolute Gasteiger partial charge is 0.492 e. The van der Waals surface area contributed by atoms with Gasteiger partial charge in [0.1, 0.15) is 12.4 Å². The summed E-state index contributed by atoms with van der Waals surface area (Å²) in [6, 6.07) is 15.1. The number of amides is 2. The molecule has 7 nitrogen and oxygen atoms in total. The van der Waals surface area contributed by atoms with Gasteiger partial charge < -0.3 is 24.8 Å². The summed E-state index contributed by atoms with van der Waals surface area (Å²) in [6.07, 6.45) is -0.564. The number of hydrogen-bond acceptors (Lipinski definition) is 4. The van der Waals surface area contributed by atoms with Gasteiger partial charge in [-0.25, -0.2) is 9.59 Å². The van der Waals surface area contributed by atoms with Gasteiger partial charge >= 0.3 is 12.0 Å². The number of rotatable bonds is 13. The van der Waals surface area contributed by atoms with Crippen molar-refractivity contribution in [1.29, 1.82) is 0 Å². The molecule has 0 saturated carbocycles. The van der Waals surface area contributed by atoms with Crippen LogP contribution in [0.5, 0.6) is 5.75 Å². The number of ether oxygens (including phenoxy) is 2. The lowest BCUT2D eigenvalue weighted by molar-refractivity contribution is -0.149. The summed E-state index contributed by atoms with van der Waals surface area (Å²) in [5.41, 5.74) is 2.86. The third kappa shape index (κ3) is 9.06. The molecule has 0 bridgehead atoms. The molecule has 0 aliphatic carbocycles. The lowest BCUT2D eigenvalue weighted by atomic mass is 10.0. The molecule has 0 saturated heterocycles. The number of anilines is 1. The number of nitrogens with one attached hydrogen (secondary N) is 1. The topological polar surface area (TPSA) is 88.1 Å². The third-order valence-corrected chi connectivity index (χ3v) is 5.32. The maximum atomic E-state index is 12.9. The number of carboxylic acid groups (broad SMARTS) is 1. The Hall–Kier alpha value is -3.06. The molecule has 7 heteroatoms. The molecule has 0 heterocycles. The van der Waals surface area contributed by atoms with Gasteiger partial charge in [-0.3, -0.25) is 0 Å². The number of urea groups is 1. The highest BCUT2D eigenvalue weighted by molar-refractivity contribution is 5.89. The van der Waals surface area contributed by atoms with Gasteiger partial charge in [0.2, 0.25) is 0 Å². The Morgan fingerprint density at radius 3 is 2.18 bits per heavy atom. The quantitative estimate of drug-likeness (QED) is 0.409. The minimum absolute atomic E-state index is 0.152. The van der Waals surface area contributed by atoms with E-state index in [0.717, 1.165) is 11.3 Å². The Morgan fingerprint density at radius 2 is 1.65 bits per heavy atom. The summed E-state index contributed by atoms with van der Waals surface area (Å²) >= 11 is 0. The van der Waals surface area contributed by atoms with E-state index in [-0.39, 0.29) is 6.03 Å². The molecule has 2 N–H and O–H groups in total. The fraction of sp³-hybridized carbons (Fsp3) is 0.481. The van der Waals surface area contributed by atoms with Crippen LogP contribution in [0, 0.1) is 5.92 Å². The van der Waals surface area contributed by atoms with Crippen molar-refractivity contribution < 1.29 is 24.2 Å². The van der Waals surface area contributed by atoms with Crippen molar-refractivity contribution in [1.82, 2.24) is 4.90 Å². The van der Waals surface area contributed by atoms with E-state index in [1.165, 1.54) is 5.56 Å². The van der Waals surface area contributed by atoms with E-state index in [0.29, 0.717) is 50.3 Å². The van der Waals surface area contributed by atoms with Crippen LogP contribution in [0.15, 0.2) is 48.5 Å². The molecule has 0 aliphatic heterocycles. The predicted molar refractivity (Wildman–Crippen MR) is 135 cm³/mol. The third-order valence-electron chi connectivity index (χ3n) is 5.32. The minimum Gasteiger partial charge on any atom is -0.492 e. The van der Waals surface area contributed by atoms with Crippen LogP contribution in [0.4, 0.5) is 10.5 Å². The first-order chi connectivity index (χ1) is 16.2. The lowest BCUT2D eigenvalue weighted by Crippen LogP contribution is -2.40. The van der Waals surface area contributed by atoms with Gasteiger partial charge in [-0.1, -0.05) is 52.0 Å². The van der Waals surface area contributed by atoms with Crippen LogP contribution >= 0.6 is 0 Å². The van der Waals surface area contributed by atoms with Crippen LogP contribution in [-0.4, -0.2) is 54.4 Å². The maximum absolute atomic E-state index is 12.9. The fourth-order valence-electron chi connectivity index (χ4n) is 3.50. The molecule has 0 radical (unpaired) electrons. The number of benzene rings is 2. The van der Waals surface area contributed by atoms with Crippen molar-refractivity contribution in [3.63, 3.8) is 0 Å². The van der Waals surface area contributed by atoms with E-state index in [2.05, 4.69) is 33.0 Å². The van der Waals surface area contributed by atoms with Crippen LogP contribution < -0.4 is 10.1 Å². The van der Waals surface area contributed by atoms with Crippen LogP contribution in [0.1, 0.15) is 51.7 Å². The molecule has 0 aromatic heterocycles. The number of nitrogens with zero attached hydrogens (tertiary/aromatic N) is 1. The monoisotopic (exact) mass is 470 g/mol. The summed E-state index contributed by atoms with van der Waals surface area (Å²) in [6.45, 7) is 12.0. The first-order valence-corrected chi connectivity index (χ1v) is 11.9. The Balaban J connectivity index is 1.90. The van der Waals surface area contributed by atoms with E-state index in [9.17, 15) is 14.7 Å². The van der Waals surface area contributed by atoms with Crippen molar-refractivity contribution in [2.45, 2.75) is 53.1 Å². The van der Waals surface area contributed by atoms with E-state index in [1.54, 1.807) is 11.8 Å². The molecule has 2 aromatic rings. The molecule has 1 atom stereocenters. The molecule has 0 fully saturated rings. The van der Waals surface area contributed by atoms with Crippen LogP contribution in [0.2, 0.25) is 0 Å². The Kier molecular flexibility index (Phi) is 10.9. The van der Waals surface area contributed by atoms with Gasteiger partial charge in [0.25, 0.3) is 0 Å². The maximum Gasteiger partial charge on any atom is 0.333 e. The first-order valence-electron chi connectivity index (χ1n) is 11.9. The zero-order valence-corrected chi connectivity index (χ0v) is 20.9. The molecule has 2 aromatic carbocycles. The summed E-state index contributed by atoms with van der Waals surface area (Å²) in [5.74, 6) is 0.459. The van der Waals surface area contributed by atoms with Crippen molar-refractivity contribution in [3.8, 4) is 5.75 Å². The Labute approximate surface area is 203 Å². The van der Waals surface area contributed by atoms with Gasteiger partial charge in [0, 0.05) is 25.3 Å². The average molecular weight is 471 g/mol. The van der Waals surface area contributed by atoms with E-state index in [1.807, 2.05) is 48.5 Å². The van der Waals surface area contributed by atoms with Gasteiger partial charge in [-0.2, -0.15) is 0 Å². The van der Waals surface area contributed by atoms with Crippen LogP contribution in [0.3, 0.4) is 0 Å². The Morgan fingerprint density at radius 1 is 1.00 bits per heavy atom. The SMILES string of the molecule is CCOC(Cc1ccc(OCCN(CC(C)C)C(=O)Nc2ccc(C(C)C)cc2)cc1)C(=O)O. The van der Waals surface area contributed by atoms with Crippen LogP contribution in [-0.2, 0) is 16.0 Å². The zero-order valence-electron chi connectivity index (χ0n) is 20.9. The normalized spacial score (nSPS) is 12.0. The number of hydrogen-bond donors (Lipinski definition) is 2. The molecule has 1 unspecified atom stereocenters. The van der Waals surface area contributed by atoms with Gasteiger partial charge in [0.05, 0.1) is 6.54 Å². The van der Waals surface area contributed by atoms with Crippen molar-refractivity contribution in [3.05, 3.63) is 59.7 Å². The molecule has 2 amide bonds. The van der Waals surface area contributed by atoms with Crippen molar-refractivity contribution in [2.24, 2.45) is 5.92 Å². The zero-order chi connectivity index (χ0) is 25.1. The van der Waals surface area contributed by atoms with Crippen molar-refractivity contribution in [2.75, 3.05) is 31.6 Å².